The lowest BCUT2D eigenvalue weighted by atomic mass is 10.0. The molecule has 0 amide bonds. The maximum atomic E-state index is 11.3. The average Bonchev–Trinajstić information content (AvgIpc) is 2.97. The summed E-state index contributed by atoms with van der Waals surface area (Å²) in [5.74, 6) is 0.816. The number of benzene rings is 1. The standard InChI is InChI=1S/C13H9NO4/c15-13-11-3-1-8(5-9(11)7-17-13)12-4-2-10(18-12)6-14-16/h1-6,16H,7H2/b14-6+. The van der Waals surface area contributed by atoms with Crippen molar-refractivity contribution in [3.63, 3.8) is 0 Å². The van der Waals surface area contributed by atoms with Crippen LogP contribution in [-0.4, -0.2) is 17.4 Å². The number of hydrogen-bond acceptors (Lipinski definition) is 5. The van der Waals surface area contributed by atoms with Crippen molar-refractivity contribution in [2.24, 2.45) is 5.16 Å². The maximum Gasteiger partial charge on any atom is 0.338 e. The van der Waals surface area contributed by atoms with Gasteiger partial charge in [0.05, 0.1) is 5.56 Å². The van der Waals surface area contributed by atoms with Crippen LogP contribution >= 0.6 is 0 Å². The summed E-state index contributed by atoms with van der Waals surface area (Å²) in [4.78, 5) is 11.3. The first-order valence-corrected chi connectivity index (χ1v) is 5.35. The number of carbonyl (C=O) groups is 1. The number of rotatable bonds is 2. The number of cyclic esters (lactones) is 1. The minimum absolute atomic E-state index is 0.288. The van der Waals surface area contributed by atoms with E-state index in [-0.39, 0.29) is 5.97 Å². The van der Waals surface area contributed by atoms with Crippen molar-refractivity contribution in [3.8, 4) is 11.3 Å². The van der Waals surface area contributed by atoms with Gasteiger partial charge < -0.3 is 14.4 Å². The third-order valence-corrected chi connectivity index (χ3v) is 2.78. The molecule has 0 spiro atoms. The van der Waals surface area contributed by atoms with Crippen LogP contribution in [0.25, 0.3) is 11.3 Å². The number of furan rings is 1. The van der Waals surface area contributed by atoms with Crippen molar-refractivity contribution in [1.82, 2.24) is 0 Å². The zero-order chi connectivity index (χ0) is 12.5. The lowest BCUT2D eigenvalue weighted by Crippen LogP contribution is -1.92. The van der Waals surface area contributed by atoms with Gasteiger partial charge in [-0.1, -0.05) is 11.2 Å². The van der Waals surface area contributed by atoms with Crippen molar-refractivity contribution in [3.05, 3.63) is 47.2 Å². The molecule has 0 unspecified atom stereocenters. The second-order valence-corrected chi connectivity index (χ2v) is 3.89. The summed E-state index contributed by atoms with van der Waals surface area (Å²) in [5.41, 5.74) is 2.30. The number of ether oxygens (including phenoxy) is 1. The number of nitrogens with zero attached hydrogens (tertiary/aromatic N) is 1. The first-order valence-electron chi connectivity index (χ1n) is 5.35. The van der Waals surface area contributed by atoms with E-state index in [0.717, 1.165) is 11.1 Å². The zero-order valence-corrected chi connectivity index (χ0v) is 9.29. The number of hydrogen-bond donors (Lipinski definition) is 1. The summed E-state index contributed by atoms with van der Waals surface area (Å²) in [5, 5.41) is 11.3. The number of carbonyl (C=O) groups excluding carboxylic acids is 1. The number of fused-ring (bicyclic) bond motifs is 1. The third kappa shape index (κ3) is 1.66. The molecule has 5 nitrogen and oxygen atoms in total. The monoisotopic (exact) mass is 243 g/mol. The van der Waals surface area contributed by atoms with Crippen LogP contribution in [0.4, 0.5) is 0 Å². The van der Waals surface area contributed by atoms with Crippen LogP contribution in [0.1, 0.15) is 21.7 Å². The van der Waals surface area contributed by atoms with E-state index >= 15 is 0 Å². The Hall–Kier alpha value is -2.56. The lowest BCUT2D eigenvalue weighted by Gasteiger charge is -1.99. The molecule has 2 heterocycles. The van der Waals surface area contributed by atoms with E-state index in [4.69, 9.17) is 14.4 Å². The van der Waals surface area contributed by atoms with Crippen LogP contribution in [0.2, 0.25) is 0 Å². The molecular formula is C13H9NO4. The van der Waals surface area contributed by atoms with E-state index in [2.05, 4.69) is 5.16 Å². The van der Waals surface area contributed by atoms with Crippen LogP contribution in [0.5, 0.6) is 0 Å². The van der Waals surface area contributed by atoms with Gasteiger partial charge in [0, 0.05) is 11.1 Å². The molecule has 1 N–H and O–H groups in total. The van der Waals surface area contributed by atoms with Gasteiger partial charge in [-0.3, -0.25) is 0 Å². The van der Waals surface area contributed by atoms with Crippen molar-refractivity contribution < 1.29 is 19.2 Å². The maximum absolute atomic E-state index is 11.3. The van der Waals surface area contributed by atoms with Crippen molar-refractivity contribution in [2.75, 3.05) is 0 Å². The molecular weight excluding hydrogens is 234 g/mol. The van der Waals surface area contributed by atoms with Gasteiger partial charge >= 0.3 is 5.97 Å². The van der Waals surface area contributed by atoms with E-state index in [1.54, 1.807) is 24.3 Å². The predicted molar refractivity (Wildman–Crippen MR) is 62.6 cm³/mol. The van der Waals surface area contributed by atoms with Crippen LogP contribution in [0.3, 0.4) is 0 Å². The van der Waals surface area contributed by atoms with Crippen molar-refractivity contribution >= 4 is 12.2 Å². The Labute approximate surface area is 102 Å². The molecule has 0 saturated heterocycles. The highest BCUT2D eigenvalue weighted by atomic mass is 16.5. The SMILES string of the molecule is O=C1OCc2cc(-c3ccc(/C=N/O)o3)ccc21. The number of oxime groups is 1. The largest absolute Gasteiger partial charge is 0.457 e. The predicted octanol–water partition coefficient (Wildman–Crippen LogP) is 2.43. The Morgan fingerprint density at radius 2 is 2.17 bits per heavy atom. The quantitative estimate of drug-likeness (QED) is 0.380. The van der Waals surface area contributed by atoms with Crippen molar-refractivity contribution in [2.45, 2.75) is 6.61 Å². The van der Waals surface area contributed by atoms with E-state index in [1.165, 1.54) is 6.21 Å². The lowest BCUT2D eigenvalue weighted by molar-refractivity contribution is 0.0535. The van der Waals surface area contributed by atoms with Crippen LogP contribution < -0.4 is 0 Å². The smallest absolute Gasteiger partial charge is 0.338 e. The molecule has 2 aromatic rings. The Morgan fingerprint density at radius 3 is 3.00 bits per heavy atom. The Kier molecular flexibility index (Phi) is 2.37. The van der Waals surface area contributed by atoms with Crippen LogP contribution in [0, 0.1) is 0 Å². The zero-order valence-electron chi connectivity index (χ0n) is 9.29. The molecule has 3 rings (SSSR count). The molecule has 1 aliphatic heterocycles. The Bertz CT molecular complexity index is 642. The van der Waals surface area contributed by atoms with Gasteiger partial charge in [-0.25, -0.2) is 4.79 Å². The normalized spacial score (nSPS) is 13.9. The number of esters is 1. The molecule has 0 saturated carbocycles. The van der Waals surface area contributed by atoms with Gasteiger partial charge in [-0.15, -0.1) is 0 Å². The Balaban J connectivity index is 1.99. The first kappa shape index (κ1) is 10.6. The second-order valence-electron chi connectivity index (χ2n) is 3.89. The molecule has 0 fully saturated rings. The van der Waals surface area contributed by atoms with Gasteiger partial charge in [0.15, 0.2) is 0 Å². The van der Waals surface area contributed by atoms with Gasteiger partial charge in [0.2, 0.25) is 0 Å². The summed E-state index contributed by atoms with van der Waals surface area (Å²) < 4.78 is 10.4. The average molecular weight is 243 g/mol. The van der Waals surface area contributed by atoms with E-state index in [0.29, 0.717) is 23.7 Å². The molecule has 1 aromatic carbocycles. The van der Waals surface area contributed by atoms with E-state index in [1.807, 2.05) is 6.07 Å². The van der Waals surface area contributed by atoms with Gasteiger partial charge in [-0.05, 0) is 24.3 Å². The first-order chi connectivity index (χ1) is 8.78. The topological polar surface area (TPSA) is 72.0 Å². The van der Waals surface area contributed by atoms with Gasteiger partial charge in [-0.2, -0.15) is 0 Å². The second kappa shape index (κ2) is 4.03. The molecule has 1 aromatic heterocycles. The molecule has 0 atom stereocenters. The minimum atomic E-state index is -0.288. The van der Waals surface area contributed by atoms with Gasteiger partial charge in [0.1, 0.15) is 24.3 Å². The summed E-state index contributed by atoms with van der Waals surface area (Å²) in [6.07, 6.45) is 1.21. The molecule has 90 valence electrons. The fraction of sp³-hybridized carbons (Fsp3) is 0.0769. The highest BCUT2D eigenvalue weighted by Gasteiger charge is 2.21. The van der Waals surface area contributed by atoms with Crippen molar-refractivity contribution in [1.29, 1.82) is 0 Å². The van der Waals surface area contributed by atoms with E-state index in [9.17, 15) is 4.79 Å². The molecule has 0 bridgehead atoms. The molecule has 5 heteroatoms. The van der Waals surface area contributed by atoms with E-state index < -0.39 is 0 Å². The van der Waals surface area contributed by atoms with Gasteiger partial charge in [0.25, 0.3) is 0 Å². The highest BCUT2D eigenvalue weighted by molar-refractivity contribution is 5.94. The fourth-order valence-electron chi connectivity index (χ4n) is 1.92. The molecule has 18 heavy (non-hydrogen) atoms. The summed E-state index contributed by atoms with van der Waals surface area (Å²) >= 11 is 0. The molecule has 0 radical (unpaired) electrons. The molecule has 1 aliphatic rings. The van der Waals surface area contributed by atoms with Crippen LogP contribution in [0.15, 0.2) is 39.9 Å². The third-order valence-electron chi connectivity index (χ3n) is 2.78. The summed E-state index contributed by atoms with van der Waals surface area (Å²) in [6.45, 7) is 0.299. The van der Waals surface area contributed by atoms with Crippen LogP contribution in [-0.2, 0) is 11.3 Å². The fourth-order valence-corrected chi connectivity index (χ4v) is 1.92. The summed E-state index contributed by atoms with van der Waals surface area (Å²) in [6, 6.07) is 8.85. The Morgan fingerprint density at radius 1 is 1.28 bits per heavy atom. The summed E-state index contributed by atoms with van der Waals surface area (Å²) in [7, 11) is 0. The minimum Gasteiger partial charge on any atom is -0.457 e. The highest BCUT2D eigenvalue weighted by Crippen LogP contribution is 2.27. The molecule has 0 aliphatic carbocycles.